The van der Waals surface area contributed by atoms with Gasteiger partial charge in [0.2, 0.25) is 5.88 Å². The minimum atomic E-state index is -1.26. The Bertz CT molecular complexity index is 551. The monoisotopic (exact) mass is 222 g/mol. The molecule has 0 fully saturated rings. The molecule has 2 aromatic rings. The van der Waals surface area contributed by atoms with Crippen LogP contribution in [0.4, 0.5) is 4.39 Å². The number of rotatable bonds is 2. The quantitative estimate of drug-likeness (QED) is 0.805. The maximum Gasteiger partial charge on any atom is 0.356 e. The van der Waals surface area contributed by atoms with Gasteiger partial charge in [0.05, 0.1) is 5.69 Å². The zero-order valence-electron chi connectivity index (χ0n) is 7.96. The summed E-state index contributed by atoms with van der Waals surface area (Å²) in [5.41, 5.74) is -0.0493. The van der Waals surface area contributed by atoms with E-state index >= 15 is 0 Å². The molecule has 0 saturated carbocycles. The van der Waals surface area contributed by atoms with Crippen LogP contribution in [0.25, 0.3) is 5.69 Å². The standard InChI is InChI=1S/C10H7FN2O3/c11-6-2-1-3-7(4-6)13-9(14)5-8(12-13)10(15)16/h1-5,14H,(H,15,16). The third-order valence-corrected chi connectivity index (χ3v) is 1.96. The van der Waals surface area contributed by atoms with Crippen LogP contribution < -0.4 is 0 Å². The van der Waals surface area contributed by atoms with Crippen LogP contribution in [-0.4, -0.2) is 26.0 Å². The van der Waals surface area contributed by atoms with Gasteiger partial charge in [-0.1, -0.05) is 6.07 Å². The number of aromatic nitrogens is 2. The fraction of sp³-hybridized carbons (Fsp3) is 0. The molecule has 2 rings (SSSR count). The molecule has 0 aliphatic heterocycles. The molecule has 0 unspecified atom stereocenters. The lowest BCUT2D eigenvalue weighted by Crippen LogP contribution is -2.01. The second-order valence-electron chi connectivity index (χ2n) is 3.08. The van der Waals surface area contributed by atoms with Crippen LogP contribution in [0.15, 0.2) is 30.3 Å². The first kappa shape index (κ1) is 10.2. The number of aromatic carboxylic acids is 1. The maximum atomic E-state index is 12.9. The van der Waals surface area contributed by atoms with Crippen LogP contribution in [0.1, 0.15) is 10.5 Å². The largest absolute Gasteiger partial charge is 0.493 e. The number of aromatic hydroxyl groups is 1. The second-order valence-corrected chi connectivity index (χ2v) is 3.08. The number of nitrogens with zero attached hydrogens (tertiary/aromatic N) is 2. The molecular weight excluding hydrogens is 215 g/mol. The third kappa shape index (κ3) is 1.72. The van der Waals surface area contributed by atoms with E-state index in [0.29, 0.717) is 0 Å². The predicted octanol–water partition coefficient (Wildman–Crippen LogP) is 1.42. The third-order valence-electron chi connectivity index (χ3n) is 1.96. The minimum Gasteiger partial charge on any atom is -0.493 e. The van der Waals surface area contributed by atoms with E-state index in [4.69, 9.17) is 5.11 Å². The topological polar surface area (TPSA) is 75.3 Å². The lowest BCUT2D eigenvalue weighted by atomic mass is 10.3. The summed E-state index contributed by atoms with van der Waals surface area (Å²) in [6, 6.07) is 6.31. The van der Waals surface area contributed by atoms with E-state index in [-0.39, 0.29) is 17.3 Å². The van der Waals surface area contributed by atoms with E-state index in [0.717, 1.165) is 16.8 Å². The molecule has 0 aliphatic rings. The van der Waals surface area contributed by atoms with Crippen LogP contribution in [0.5, 0.6) is 5.88 Å². The van der Waals surface area contributed by atoms with Gasteiger partial charge in [0.1, 0.15) is 5.82 Å². The van der Waals surface area contributed by atoms with Crippen LogP contribution >= 0.6 is 0 Å². The summed E-state index contributed by atoms with van der Waals surface area (Å²) in [7, 11) is 0. The van der Waals surface area contributed by atoms with Gasteiger partial charge in [0.25, 0.3) is 0 Å². The first-order chi connectivity index (χ1) is 7.58. The summed E-state index contributed by atoms with van der Waals surface area (Å²) in [5, 5.41) is 21.7. The van der Waals surface area contributed by atoms with Crippen LogP contribution in [0.2, 0.25) is 0 Å². The average molecular weight is 222 g/mol. The highest BCUT2D eigenvalue weighted by molar-refractivity contribution is 5.85. The van der Waals surface area contributed by atoms with E-state index in [1.807, 2.05) is 0 Å². The van der Waals surface area contributed by atoms with Crippen molar-refractivity contribution in [2.24, 2.45) is 0 Å². The second kappa shape index (κ2) is 3.65. The number of carbonyl (C=O) groups is 1. The molecular formula is C10H7FN2O3. The Labute approximate surface area is 89.4 Å². The number of carboxylic acid groups (broad SMARTS) is 1. The molecule has 2 N–H and O–H groups in total. The zero-order chi connectivity index (χ0) is 11.7. The smallest absolute Gasteiger partial charge is 0.356 e. The van der Waals surface area contributed by atoms with E-state index < -0.39 is 11.8 Å². The van der Waals surface area contributed by atoms with Crippen LogP contribution in [0, 0.1) is 5.82 Å². The lowest BCUT2D eigenvalue weighted by Gasteiger charge is -2.01. The van der Waals surface area contributed by atoms with Gasteiger partial charge in [0, 0.05) is 6.07 Å². The molecule has 0 amide bonds. The molecule has 16 heavy (non-hydrogen) atoms. The van der Waals surface area contributed by atoms with Crippen molar-refractivity contribution in [3.63, 3.8) is 0 Å². The van der Waals surface area contributed by atoms with Crippen molar-refractivity contribution in [3.8, 4) is 11.6 Å². The zero-order valence-corrected chi connectivity index (χ0v) is 7.96. The SMILES string of the molecule is O=C(O)c1cc(O)n(-c2cccc(F)c2)n1. The number of hydrogen-bond acceptors (Lipinski definition) is 3. The molecule has 5 nitrogen and oxygen atoms in total. The van der Waals surface area contributed by atoms with Crippen molar-refractivity contribution in [2.75, 3.05) is 0 Å². The average Bonchev–Trinajstić information content (AvgIpc) is 2.60. The highest BCUT2D eigenvalue weighted by Gasteiger charge is 2.13. The summed E-state index contributed by atoms with van der Waals surface area (Å²) in [5.74, 6) is -2.11. The fourth-order valence-corrected chi connectivity index (χ4v) is 1.27. The van der Waals surface area contributed by atoms with Gasteiger partial charge in [-0.05, 0) is 18.2 Å². The summed E-state index contributed by atoms with van der Waals surface area (Å²) < 4.78 is 13.9. The molecule has 1 aromatic heterocycles. The number of hydrogen-bond donors (Lipinski definition) is 2. The van der Waals surface area contributed by atoms with Crippen molar-refractivity contribution in [1.82, 2.24) is 9.78 Å². The Kier molecular flexibility index (Phi) is 2.32. The summed E-state index contributed by atoms with van der Waals surface area (Å²) in [6.45, 7) is 0. The molecule has 1 heterocycles. The van der Waals surface area contributed by atoms with Crippen molar-refractivity contribution >= 4 is 5.97 Å². The number of benzene rings is 1. The normalized spacial score (nSPS) is 10.3. The van der Waals surface area contributed by atoms with Gasteiger partial charge < -0.3 is 10.2 Å². The van der Waals surface area contributed by atoms with Crippen LogP contribution in [0.3, 0.4) is 0 Å². The Balaban J connectivity index is 2.52. The minimum absolute atomic E-state index is 0.255. The predicted molar refractivity (Wildman–Crippen MR) is 52.1 cm³/mol. The number of carboxylic acids is 1. The van der Waals surface area contributed by atoms with Crippen molar-refractivity contribution in [1.29, 1.82) is 0 Å². The molecule has 1 aromatic carbocycles. The summed E-state index contributed by atoms with van der Waals surface area (Å²) in [6.07, 6.45) is 0. The molecule has 0 radical (unpaired) electrons. The van der Waals surface area contributed by atoms with Crippen LogP contribution in [-0.2, 0) is 0 Å². The molecule has 82 valence electrons. The van der Waals surface area contributed by atoms with E-state index in [2.05, 4.69) is 5.10 Å². The molecule has 0 bridgehead atoms. The molecule has 0 saturated heterocycles. The molecule has 0 spiro atoms. The Morgan fingerprint density at radius 3 is 2.69 bits per heavy atom. The highest BCUT2D eigenvalue weighted by atomic mass is 19.1. The van der Waals surface area contributed by atoms with Gasteiger partial charge in [-0.3, -0.25) is 0 Å². The van der Waals surface area contributed by atoms with E-state index in [1.165, 1.54) is 18.2 Å². The maximum absolute atomic E-state index is 12.9. The molecule has 6 heteroatoms. The molecule has 0 aliphatic carbocycles. The highest BCUT2D eigenvalue weighted by Crippen LogP contribution is 2.18. The van der Waals surface area contributed by atoms with E-state index in [1.54, 1.807) is 0 Å². The van der Waals surface area contributed by atoms with Gasteiger partial charge in [-0.25, -0.2) is 13.9 Å². The Morgan fingerprint density at radius 2 is 2.12 bits per heavy atom. The first-order valence-corrected chi connectivity index (χ1v) is 4.36. The lowest BCUT2D eigenvalue weighted by molar-refractivity contribution is 0.0690. The van der Waals surface area contributed by atoms with Crippen molar-refractivity contribution in [2.45, 2.75) is 0 Å². The van der Waals surface area contributed by atoms with Crippen molar-refractivity contribution in [3.05, 3.63) is 41.8 Å². The molecule has 0 atom stereocenters. The first-order valence-electron chi connectivity index (χ1n) is 4.36. The Hall–Kier alpha value is -2.37. The van der Waals surface area contributed by atoms with E-state index in [9.17, 15) is 14.3 Å². The van der Waals surface area contributed by atoms with Crippen molar-refractivity contribution < 1.29 is 19.4 Å². The van der Waals surface area contributed by atoms with Gasteiger partial charge in [-0.15, -0.1) is 0 Å². The fourth-order valence-electron chi connectivity index (χ4n) is 1.27. The van der Waals surface area contributed by atoms with Gasteiger partial charge in [-0.2, -0.15) is 5.10 Å². The summed E-state index contributed by atoms with van der Waals surface area (Å²) in [4.78, 5) is 10.6. The number of halogens is 1. The summed E-state index contributed by atoms with van der Waals surface area (Å²) >= 11 is 0. The van der Waals surface area contributed by atoms with Gasteiger partial charge >= 0.3 is 5.97 Å². The Morgan fingerprint density at radius 1 is 1.38 bits per heavy atom. The van der Waals surface area contributed by atoms with Gasteiger partial charge in [0.15, 0.2) is 5.69 Å².